The van der Waals surface area contributed by atoms with E-state index in [1.165, 1.54) is 6.92 Å². The van der Waals surface area contributed by atoms with Crippen LogP contribution in [0, 0.1) is 0 Å². The Morgan fingerprint density at radius 2 is 2.25 bits per heavy atom. The predicted molar refractivity (Wildman–Crippen MR) is 61.9 cm³/mol. The largest absolute Gasteiger partial charge is 0.386 e. The Hall–Kier alpha value is -1.81. The van der Waals surface area contributed by atoms with Crippen molar-refractivity contribution >= 4 is 16.8 Å². The number of aliphatic hydroxyl groups is 1. The van der Waals surface area contributed by atoms with Crippen LogP contribution in [0.1, 0.15) is 18.6 Å². The molecule has 1 aromatic carbocycles. The quantitative estimate of drug-likeness (QED) is 0.727. The molecule has 2 aromatic rings. The van der Waals surface area contributed by atoms with Gasteiger partial charge in [-0.15, -0.1) is 0 Å². The Morgan fingerprint density at radius 3 is 3.00 bits per heavy atom. The van der Waals surface area contributed by atoms with E-state index in [1.807, 2.05) is 24.3 Å². The van der Waals surface area contributed by atoms with Crippen LogP contribution in [0.3, 0.4) is 0 Å². The van der Waals surface area contributed by atoms with Gasteiger partial charge in [-0.1, -0.05) is 18.2 Å². The highest BCUT2D eigenvalue weighted by molar-refractivity contribution is 5.83. The van der Waals surface area contributed by atoms with Crippen LogP contribution in [0.15, 0.2) is 30.5 Å². The van der Waals surface area contributed by atoms with Crippen LogP contribution in [-0.4, -0.2) is 22.5 Å². The Bertz CT molecular complexity index is 504. The number of para-hydroxylation sites is 1. The molecule has 1 atom stereocenters. The maximum atomic E-state index is 10.8. The summed E-state index contributed by atoms with van der Waals surface area (Å²) >= 11 is 0. The summed E-state index contributed by atoms with van der Waals surface area (Å²) in [5, 5.41) is 13.5. The molecule has 0 radical (unpaired) electrons. The first-order chi connectivity index (χ1) is 7.68. The number of H-pyrrole nitrogens is 1. The molecule has 4 nitrogen and oxygen atoms in total. The second-order valence-electron chi connectivity index (χ2n) is 3.74. The molecule has 0 aliphatic rings. The number of hydrogen-bond acceptors (Lipinski definition) is 2. The Balaban J connectivity index is 2.22. The SMILES string of the molecule is CC(=O)NC[C@H](O)c1c[nH]c2ccccc12. The van der Waals surface area contributed by atoms with Crippen LogP contribution >= 0.6 is 0 Å². The molecule has 0 bridgehead atoms. The van der Waals surface area contributed by atoms with E-state index in [2.05, 4.69) is 10.3 Å². The van der Waals surface area contributed by atoms with Gasteiger partial charge in [-0.3, -0.25) is 4.79 Å². The van der Waals surface area contributed by atoms with E-state index in [1.54, 1.807) is 6.20 Å². The zero-order valence-corrected chi connectivity index (χ0v) is 9.03. The summed E-state index contributed by atoms with van der Waals surface area (Å²) in [4.78, 5) is 13.8. The van der Waals surface area contributed by atoms with Crippen LogP contribution in [0.5, 0.6) is 0 Å². The molecule has 16 heavy (non-hydrogen) atoms. The van der Waals surface area contributed by atoms with Gasteiger partial charge in [-0.2, -0.15) is 0 Å². The third-order valence-electron chi connectivity index (χ3n) is 2.52. The standard InChI is InChI=1S/C12H14N2O2/c1-8(15)13-7-12(16)10-6-14-11-5-3-2-4-9(10)11/h2-6,12,14,16H,7H2,1H3,(H,13,15)/t12-/m0/s1. The molecule has 0 spiro atoms. The van der Waals surface area contributed by atoms with Crippen molar-refractivity contribution in [3.63, 3.8) is 0 Å². The second kappa shape index (κ2) is 4.37. The number of nitrogens with one attached hydrogen (secondary N) is 2. The Kier molecular flexibility index (Phi) is 2.92. The van der Waals surface area contributed by atoms with Crippen LogP contribution < -0.4 is 5.32 Å². The predicted octanol–water partition coefficient (Wildman–Crippen LogP) is 1.34. The molecule has 0 aliphatic carbocycles. The molecule has 0 saturated carbocycles. The topological polar surface area (TPSA) is 65.1 Å². The smallest absolute Gasteiger partial charge is 0.216 e. The number of amides is 1. The summed E-state index contributed by atoms with van der Waals surface area (Å²) in [6.45, 7) is 1.67. The third-order valence-corrected chi connectivity index (χ3v) is 2.52. The first-order valence-electron chi connectivity index (χ1n) is 5.17. The minimum absolute atomic E-state index is 0.140. The number of rotatable bonds is 3. The summed E-state index contributed by atoms with van der Waals surface area (Å²) < 4.78 is 0. The third kappa shape index (κ3) is 2.06. The van der Waals surface area contributed by atoms with Crippen LogP contribution in [0.25, 0.3) is 10.9 Å². The van der Waals surface area contributed by atoms with Crippen molar-refractivity contribution in [3.8, 4) is 0 Å². The number of carbonyl (C=O) groups excluding carboxylic acids is 1. The lowest BCUT2D eigenvalue weighted by atomic mass is 10.1. The van der Waals surface area contributed by atoms with Crippen molar-refractivity contribution in [1.29, 1.82) is 0 Å². The number of hydrogen-bond donors (Lipinski definition) is 3. The van der Waals surface area contributed by atoms with Crippen LogP contribution in [0.4, 0.5) is 0 Å². The molecule has 0 fully saturated rings. The highest BCUT2D eigenvalue weighted by Gasteiger charge is 2.12. The van der Waals surface area contributed by atoms with E-state index in [-0.39, 0.29) is 12.5 Å². The van der Waals surface area contributed by atoms with Gasteiger partial charge in [-0.05, 0) is 6.07 Å². The van der Waals surface area contributed by atoms with Crippen LogP contribution in [0.2, 0.25) is 0 Å². The maximum absolute atomic E-state index is 10.8. The van der Waals surface area contributed by atoms with E-state index in [0.29, 0.717) is 0 Å². The van der Waals surface area contributed by atoms with Crippen molar-refractivity contribution in [2.45, 2.75) is 13.0 Å². The van der Waals surface area contributed by atoms with E-state index in [0.717, 1.165) is 16.5 Å². The van der Waals surface area contributed by atoms with Crippen molar-refractivity contribution in [3.05, 3.63) is 36.0 Å². The summed E-state index contributed by atoms with van der Waals surface area (Å²) in [6.07, 6.45) is 1.09. The van der Waals surface area contributed by atoms with Gasteiger partial charge in [0.05, 0.1) is 6.10 Å². The van der Waals surface area contributed by atoms with Gasteiger partial charge >= 0.3 is 0 Å². The molecule has 84 valence electrons. The van der Waals surface area contributed by atoms with Crippen molar-refractivity contribution in [1.82, 2.24) is 10.3 Å². The Labute approximate surface area is 93.3 Å². The van der Waals surface area contributed by atoms with E-state index in [4.69, 9.17) is 0 Å². The monoisotopic (exact) mass is 218 g/mol. The molecule has 4 heteroatoms. The fourth-order valence-corrected chi connectivity index (χ4v) is 1.72. The number of aliphatic hydroxyl groups excluding tert-OH is 1. The van der Waals surface area contributed by atoms with Gasteiger partial charge in [-0.25, -0.2) is 0 Å². The maximum Gasteiger partial charge on any atom is 0.216 e. The number of benzene rings is 1. The zero-order chi connectivity index (χ0) is 11.5. The van der Waals surface area contributed by atoms with Gasteiger partial charge in [0, 0.05) is 36.1 Å². The van der Waals surface area contributed by atoms with Gasteiger partial charge < -0.3 is 15.4 Å². The molecular formula is C12H14N2O2. The molecule has 2 rings (SSSR count). The highest BCUT2D eigenvalue weighted by atomic mass is 16.3. The first-order valence-corrected chi connectivity index (χ1v) is 5.17. The lowest BCUT2D eigenvalue weighted by Gasteiger charge is -2.09. The average Bonchev–Trinajstić information content (AvgIpc) is 2.69. The molecule has 0 saturated heterocycles. The first kappa shape index (κ1) is 10.7. The van der Waals surface area contributed by atoms with E-state index >= 15 is 0 Å². The van der Waals surface area contributed by atoms with Crippen molar-refractivity contribution < 1.29 is 9.90 Å². The lowest BCUT2D eigenvalue weighted by molar-refractivity contribution is -0.119. The van der Waals surface area contributed by atoms with Crippen molar-refractivity contribution in [2.24, 2.45) is 0 Å². The van der Waals surface area contributed by atoms with Gasteiger partial charge in [0.15, 0.2) is 0 Å². The summed E-state index contributed by atoms with van der Waals surface area (Å²) in [5.74, 6) is -0.140. The van der Waals surface area contributed by atoms with Crippen molar-refractivity contribution in [2.75, 3.05) is 6.54 Å². The summed E-state index contributed by atoms with van der Waals surface area (Å²) in [6, 6.07) is 7.75. The van der Waals surface area contributed by atoms with E-state index in [9.17, 15) is 9.90 Å². The molecule has 1 aromatic heterocycles. The average molecular weight is 218 g/mol. The van der Waals surface area contributed by atoms with Gasteiger partial charge in [0.2, 0.25) is 5.91 Å². The lowest BCUT2D eigenvalue weighted by Crippen LogP contribution is -2.25. The molecule has 0 unspecified atom stereocenters. The summed E-state index contributed by atoms with van der Waals surface area (Å²) in [7, 11) is 0. The fourth-order valence-electron chi connectivity index (χ4n) is 1.72. The highest BCUT2D eigenvalue weighted by Crippen LogP contribution is 2.23. The molecular weight excluding hydrogens is 204 g/mol. The molecule has 3 N–H and O–H groups in total. The zero-order valence-electron chi connectivity index (χ0n) is 9.03. The number of aromatic nitrogens is 1. The molecule has 1 heterocycles. The Morgan fingerprint density at radius 1 is 1.50 bits per heavy atom. The number of carbonyl (C=O) groups is 1. The fraction of sp³-hybridized carbons (Fsp3) is 0.250. The second-order valence-corrected chi connectivity index (χ2v) is 3.74. The van der Waals surface area contributed by atoms with Crippen LogP contribution in [-0.2, 0) is 4.79 Å². The minimum atomic E-state index is -0.681. The van der Waals surface area contributed by atoms with E-state index < -0.39 is 6.10 Å². The van der Waals surface area contributed by atoms with Gasteiger partial charge in [0.25, 0.3) is 0 Å². The summed E-state index contributed by atoms with van der Waals surface area (Å²) in [5.41, 5.74) is 1.80. The van der Waals surface area contributed by atoms with Gasteiger partial charge in [0.1, 0.15) is 0 Å². The number of fused-ring (bicyclic) bond motifs is 1. The molecule has 1 amide bonds. The molecule has 0 aliphatic heterocycles. The number of aromatic amines is 1. The minimum Gasteiger partial charge on any atom is -0.386 e. The normalized spacial score (nSPS) is 12.6.